The normalized spacial score (nSPS) is 13.8. The van der Waals surface area contributed by atoms with Gasteiger partial charge >= 0.3 is 0 Å². The summed E-state index contributed by atoms with van der Waals surface area (Å²) in [5, 5.41) is 2.49. The molecule has 0 aliphatic carbocycles. The summed E-state index contributed by atoms with van der Waals surface area (Å²) in [5.74, 6) is 0. The maximum atomic E-state index is 16.1. The zero-order valence-electron chi connectivity index (χ0n) is 22.2. The standard InChI is InChI=1S/C33H38O2P2/c1-4-6-27-33(3,5-2)32(36(34,28-19-11-7-12-20-28)29-21-13-8-14-22-29)37(35,30-23-15-9-16-24-30)31-25-17-10-18-26-31/h7-26,32H,4-6,27H2,1-3H3. The van der Waals surface area contributed by atoms with E-state index in [0.717, 1.165) is 46.9 Å². The van der Waals surface area contributed by atoms with Crippen LogP contribution in [0.25, 0.3) is 0 Å². The minimum Gasteiger partial charge on any atom is -0.313 e. The lowest BCUT2D eigenvalue weighted by molar-refractivity contribution is 0.294. The molecule has 0 spiro atoms. The fourth-order valence-electron chi connectivity index (χ4n) is 5.64. The molecule has 0 saturated carbocycles. The molecule has 0 N–H and O–H groups in total. The van der Waals surface area contributed by atoms with E-state index in [1.54, 1.807) is 0 Å². The van der Waals surface area contributed by atoms with Crippen LogP contribution in [0.4, 0.5) is 0 Å². The first kappa shape index (κ1) is 27.4. The summed E-state index contributed by atoms with van der Waals surface area (Å²) in [4.78, 5) is 0. The molecule has 0 radical (unpaired) electrons. The minimum absolute atomic E-state index is 0.432. The van der Waals surface area contributed by atoms with E-state index in [2.05, 4.69) is 20.8 Å². The van der Waals surface area contributed by atoms with Gasteiger partial charge in [-0.25, -0.2) is 0 Å². The second-order valence-corrected chi connectivity index (χ2v) is 16.3. The van der Waals surface area contributed by atoms with Gasteiger partial charge in [-0.1, -0.05) is 155 Å². The Bertz CT molecular complexity index is 1170. The van der Waals surface area contributed by atoms with Gasteiger partial charge in [-0.2, -0.15) is 0 Å². The average Bonchev–Trinajstić information content (AvgIpc) is 2.97. The molecule has 1 unspecified atom stereocenters. The highest BCUT2D eigenvalue weighted by atomic mass is 31.2. The van der Waals surface area contributed by atoms with Crippen molar-refractivity contribution in [2.24, 2.45) is 5.41 Å². The molecule has 0 heterocycles. The van der Waals surface area contributed by atoms with Crippen molar-refractivity contribution in [3.8, 4) is 0 Å². The Hall–Kier alpha value is -2.66. The van der Waals surface area contributed by atoms with Crippen molar-refractivity contribution in [1.82, 2.24) is 0 Å². The van der Waals surface area contributed by atoms with Crippen molar-refractivity contribution in [1.29, 1.82) is 0 Å². The summed E-state index contributed by atoms with van der Waals surface area (Å²) < 4.78 is 32.2. The van der Waals surface area contributed by atoms with Crippen molar-refractivity contribution in [2.75, 3.05) is 0 Å². The summed E-state index contributed by atoms with van der Waals surface area (Å²) in [7, 11) is -6.86. The van der Waals surface area contributed by atoms with E-state index in [9.17, 15) is 0 Å². The van der Waals surface area contributed by atoms with Crippen LogP contribution in [-0.2, 0) is 9.13 Å². The van der Waals surface area contributed by atoms with Gasteiger partial charge in [0.05, 0.1) is 5.40 Å². The van der Waals surface area contributed by atoms with Gasteiger partial charge in [0.15, 0.2) is 14.3 Å². The van der Waals surface area contributed by atoms with Crippen LogP contribution in [0.1, 0.15) is 46.5 Å². The van der Waals surface area contributed by atoms with Crippen molar-refractivity contribution in [3.05, 3.63) is 121 Å². The van der Waals surface area contributed by atoms with E-state index in [1.807, 2.05) is 121 Å². The first-order valence-electron chi connectivity index (χ1n) is 13.3. The molecule has 0 aromatic heterocycles. The van der Waals surface area contributed by atoms with Gasteiger partial charge in [-0.15, -0.1) is 0 Å². The molecule has 4 heteroatoms. The zero-order chi connectivity index (χ0) is 26.4. The Morgan fingerprint density at radius 2 is 0.865 bits per heavy atom. The van der Waals surface area contributed by atoms with Gasteiger partial charge in [0.1, 0.15) is 0 Å². The number of rotatable bonds is 11. The monoisotopic (exact) mass is 528 g/mol. The van der Waals surface area contributed by atoms with E-state index in [1.165, 1.54) is 0 Å². The Balaban J connectivity index is 2.17. The molecule has 0 aliphatic heterocycles. The third-order valence-electron chi connectivity index (χ3n) is 7.78. The van der Waals surface area contributed by atoms with Crippen molar-refractivity contribution < 1.29 is 9.13 Å². The lowest BCUT2D eigenvalue weighted by Gasteiger charge is -2.46. The highest BCUT2D eigenvalue weighted by Gasteiger charge is 2.56. The number of unbranched alkanes of at least 4 members (excludes halogenated alkanes) is 1. The maximum absolute atomic E-state index is 16.1. The highest BCUT2D eigenvalue weighted by molar-refractivity contribution is 7.95. The van der Waals surface area contributed by atoms with Crippen LogP contribution in [0, 0.1) is 5.41 Å². The fourth-order valence-corrected chi connectivity index (χ4v) is 15.6. The van der Waals surface area contributed by atoms with E-state index < -0.39 is 25.1 Å². The second-order valence-electron chi connectivity index (χ2n) is 10.1. The largest absolute Gasteiger partial charge is 0.313 e. The van der Waals surface area contributed by atoms with Crippen molar-refractivity contribution in [3.63, 3.8) is 0 Å². The molecule has 0 aliphatic rings. The molecular formula is C33H38O2P2. The Kier molecular flexibility index (Phi) is 8.74. The van der Waals surface area contributed by atoms with Crippen LogP contribution >= 0.6 is 14.3 Å². The number of hydrogen-bond acceptors (Lipinski definition) is 2. The van der Waals surface area contributed by atoms with Crippen LogP contribution in [0.3, 0.4) is 0 Å². The lowest BCUT2D eigenvalue weighted by Crippen LogP contribution is -2.42. The quantitative estimate of drug-likeness (QED) is 0.185. The van der Waals surface area contributed by atoms with Crippen molar-refractivity contribution in [2.45, 2.75) is 51.9 Å². The summed E-state index contributed by atoms with van der Waals surface area (Å²) in [6.45, 7) is 6.58. The van der Waals surface area contributed by atoms with Gasteiger partial charge in [0.2, 0.25) is 0 Å². The predicted molar refractivity (Wildman–Crippen MR) is 161 cm³/mol. The first-order chi connectivity index (χ1) is 17.9. The molecule has 4 aromatic carbocycles. The van der Waals surface area contributed by atoms with Gasteiger partial charge in [-0.3, -0.25) is 0 Å². The molecule has 0 bridgehead atoms. The molecule has 37 heavy (non-hydrogen) atoms. The van der Waals surface area contributed by atoms with Crippen LogP contribution in [0.5, 0.6) is 0 Å². The van der Waals surface area contributed by atoms with Crippen LogP contribution in [-0.4, -0.2) is 5.40 Å². The molecule has 4 rings (SSSR count). The van der Waals surface area contributed by atoms with E-state index in [0.29, 0.717) is 0 Å². The summed E-state index contributed by atoms with van der Waals surface area (Å²) in [6.07, 6.45) is 3.67. The zero-order valence-corrected chi connectivity index (χ0v) is 24.0. The number of hydrogen-bond donors (Lipinski definition) is 0. The molecule has 1 atom stereocenters. The maximum Gasteiger partial charge on any atom is 0.154 e. The first-order valence-corrected chi connectivity index (χ1v) is 16.9. The Morgan fingerprint density at radius 1 is 0.568 bits per heavy atom. The molecule has 2 nitrogen and oxygen atoms in total. The molecule has 192 valence electrons. The van der Waals surface area contributed by atoms with Crippen LogP contribution < -0.4 is 21.2 Å². The third kappa shape index (κ3) is 5.20. The van der Waals surface area contributed by atoms with Crippen LogP contribution in [0.2, 0.25) is 0 Å². The average molecular weight is 529 g/mol. The third-order valence-corrected chi connectivity index (χ3v) is 16.6. The summed E-state index contributed by atoms with van der Waals surface area (Å²) >= 11 is 0. The van der Waals surface area contributed by atoms with E-state index in [4.69, 9.17) is 0 Å². The summed E-state index contributed by atoms with van der Waals surface area (Å²) in [5.41, 5.74) is -0.432. The SMILES string of the molecule is CCCCC(C)(CC)C(P(=O)(c1ccccc1)c1ccccc1)P(=O)(c1ccccc1)c1ccccc1. The lowest BCUT2D eigenvalue weighted by atomic mass is 9.84. The highest BCUT2D eigenvalue weighted by Crippen LogP contribution is 2.72. The smallest absolute Gasteiger partial charge is 0.154 e. The van der Waals surface area contributed by atoms with Crippen molar-refractivity contribution >= 4 is 35.5 Å². The molecule has 0 amide bonds. The second kappa shape index (κ2) is 11.8. The predicted octanol–water partition coefficient (Wildman–Crippen LogP) is 7.95. The van der Waals surface area contributed by atoms with E-state index >= 15 is 9.13 Å². The number of benzene rings is 4. The van der Waals surface area contributed by atoms with E-state index in [-0.39, 0.29) is 0 Å². The minimum atomic E-state index is -3.43. The van der Waals surface area contributed by atoms with Gasteiger partial charge < -0.3 is 9.13 Å². The van der Waals surface area contributed by atoms with Gasteiger partial charge in [-0.05, 0) is 18.3 Å². The topological polar surface area (TPSA) is 34.1 Å². The van der Waals surface area contributed by atoms with Gasteiger partial charge in [0.25, 0.3) is 0 Å². The summed E-state index contributed by atoms with van der Waals surface area (Å²) in [6, 6.07) is 39.2. The van der Waals surface area contributed by atoms with Crippen LogP contribution in [0.15, 0.2) is 121 Å². The molecule has 4 aromatic rings. The Morgan fingerprint density at radius 3 is 1.11 bits per heavy atom. The van der Waals surface area contributed by atoms with Gasteiger partial charge in [0, 0.05) is 21.2 Å². The molecule has 0 fully saturated rings. The fraction of sp³-hybridized carbons (Fsp3) is 0.273. The Labute approximate surface area is 222 Å². The molecular weight excluding hydrogens is 490 g/mol. The molecule has 0 saturated heterocycles.